The van der Waals surface area contributed by atoms with Gasteiger partial charge in [-0.2, -0.15) is 45.3 Å². The molecule has 0 aliphatic carbocycles. The van der Waals surface area contributed by atoms with Crippen LogP contribution in [-0.2, 0) is 0 Å². The summed E-state index contributed by atoms with van der Waals surface area (Å²) in [6.45, 7) is 0. The maximum Gasteiger partial charge on any atom is 0.246 e. The smallest absolute Gasteiger partial charge is 0.246 e. The van der Waals surface area contributed by atoms with Crippen LogP contribution in [0.5, 0.6) is 0 Å². The molecular formula is C33H24N16. The molecule has 0 atom stereocenters. The Morgan fingerprint density at radius 1 is 0.367 bits per heavy atom. The first-order chi connectivity index (χ1) is 24.2. The monoisotopic (exact) mass is 644 g/mol. The molecule has 16 heteroatoms. The summed E-state index contributed by atoms with van der Waals surface area (Å²) in [5, 5.41) is 22.7. The van der Waals surface area contributed by atoms with Crippen molar-refractivity contribution in [1.29, 1.82) is 0 Å². The van der Waals surface area contributed by atoms with E-state index >= 15 is 0 Å². The number of hydrogen-bond acceptors (Lipinski definition) is 13. The normalized spacial score (nSPS) is 14.8. The number of nitrogens with zero attached hydrogens (tertiary/aromatic N) is 13. The molecule has 3 aromatic heterocycles. The molecule has 6 aromatic rings. The van der Waals surface area contributed by atoms with E-state index in [-0.39, 0.29) is 0 Å². The van der Waals surface area contributed by atoms with Gasteiger partial charge < -0.3 is 16.0 Å². The van der Waals surface area contributed by atoms with E-state index in [4.69, 9.17) is 30.0 Å². The fourth-order valence-electron chi connectivity index (χ4n) is 5.20. The second-order valence-corrected chi connectivity index (χ2v) is 10.7. The summed E-state index contributed by atoms with van der Waals surface area (Å²) in [6, 6.07) is 28.9. The van der Waals surface area contributed by atoms with Gasteiger partial charge in [0, 0.05) is 54.2 Å². The first kappa shape index (κ1) is 27.8. The lowest BCUT2D eigenvalue weighted by Crippen LogP contribution is -2.49. The third-order valence-corrected chi connectivity index (χ3v) is 7.51. The van der Waals surface area contributed by atoms with E-state index in [1.54, 1.807) is 37.5 Å². The molecule has 3 aliphatic rings. The van der Waals surface area contributed by atoms with Gasteiger partial charge in [-0.1, -0.05) is 0 Å². The molecule has 49 heavy (non-hydrogen) atoms. The number of rotatable bonds is 6. The highest BCUT2D eigenvalue weighted by atomic mass is 15.5. The summed E-state index contributed by atoms with van der Waals surface area (Å²) in [6.07, 6.45) is 10.9. The van der Waals surface area contributed by atoms with Gasteiger partial charge in [0.25, 0.3) is 0 Å². The molecule has 0 bridgehead atoms. The van der Waals surface area contributed by atoms with E-state index in [0.29, 0.717) is 35.8 Å². The van der Waals surface area contributed by atoms with Gasteiger partial charge in [-0.15, -0.1) is 0 Å². The van der Waals surface area contributed by atoms with Gasteiger partial charge in [0.2, 0.25) is 35.8 Å². The maximum atomic E-state index is 4.70. The van der Waals surface area contributed by atoms with E-state index in [0.717, 1.165) is 34.1 Å². The van der Waals surface area contributed by atoms with Gasteiger partial charge in [0.1, 0.15) is 0 Å². The Morgan fingerprint density at radius 2 is 0.673 bits per heavy atom. The Kier molecular flexibility index (Phi) is 6.64. The van der Waals surface area contributed by atoms with Crippen LogP contribution in [0.15, 0.2) is 158 Å². The lowest BCUT2D eigenvalue weighted by atomic mass is 10.3. The lowest BCUT2D eigenvalue weighted by molar-refractivity contribution is 0.826. The van der Waals surface area contributed by atoms with Gasteiger partial charge in [-0.25, -0.2) is 18.9 Å². The van der Waals surface area contributed by atoms with E-state index in [2.05, 4.69) is 31.2 Å². The highest BCUT2D eigenvalue weighted by Crippen LogP contribution is 2.22. The summed E-state index contributed by atoms with van der Waals surface area (Å²) in [5.41, 5.74) is 5.09. The topological polar surface area (TPSA) is 167 Å². The van der Waals surface area contributed by atoms with Crippen LogP contribution in [0.2, 0.25) is 0 Å². The van der Waals surface area contributed by atoms with Crippen LogP contribution in [0, 0.1) is 0 Å². The van der Waals surface area contributed by atoms with Gasteiger partial charge in [-0.05, 0) is 91.0 Å². The molecule has 0 saturated carbocycles. The molecule has 0 unspecified atom stereocenters. The van der Waals surface area contributed by atoms with Crippen LogP contribution in [-0.4, -0.2) is 70.0 Å². The molecule has 0 fully saturated rings. The third kappa shape index (κ3) is 5.61. The highest BCUT2D eigenvalue weighted by Gasteiger charge is 2.35. The van der Waals surface area contributed by atoms with Crippen molar-refractivity contribution in [2.24, 2.45) is 30.0 Å². The quantitative estimate of drug-likeness (QED) is 0.242. The van der Waals surface area contributed by atoms with Crippen molar-refractivity contribution in [1.82, 2.24) is 34.2 Å². The summed E-state index contributed by atoms with van der Waals surface area (Å²) in [4.78, 5) is 29.8. The molecular weight excluding hydrogens is 620 g/mol. The Bertz CT molecular complexity index is 2040. The number of benzene rings is 3. The van der Waals surface area contributed by atoms with Crippen LogP contribution >= 0.6 is 0 Å². The Labute approximate surface area is 277 Å². The molecule has 9 rings (SSSR count). The van der Waals surface area contributed by atoms with Crippen molar-refractivity contribution < 1.29 is 0 Å². The van der Waals surface area contributed by atoms with Crippen LogP contribution in [0.1, 0.15) is 0 Å². The fraction of sp³-hybridized carbons (Fsp3) is 0. The largest absolute Gasteiger partial charge is 0.324 e. The molecule has 3 aromatic carbocycles. The number of aliphatic imine (C=N–C) groups is 6. The fourth-order valence-corrected chi connectivity index (χ4v) is 5.20. The average molecular weight is 645 g/mol. The summed E-state index contributed by atoms with van der Waals surface area (Å²) in [5.74, 6) is 1.81. The van der Waals surface area contributed by atoms with Crippen molar-refractivity contribution >= 4 is 52.8 Å². The zero-order valence-electron chi connectivity index (χ0n) is 25.4. The van der Waals surface area contributed by atoms with Gasteiger partial charge in [0.15, 0.2) is 0 Å². The van der Waals surface area contributed by atoms with Gasteiger partial charge in [0.05, 0.1) is 17.1 Å². The van der Waals surface area contributed by atoms with Crippen molar-refractivity contribution in [3.63, 3.8) is 0 Å². The molecule has 3 N–H and O–H groups in total. The SMILES string of the molecule is c1cnn(-c2ccc(NC3=NC4=NC(Nc5ccc(-n6cccn6)cc5)=NC5=NC(Nc6ccc(-n7cccn7)cc6)=NC(=N3)N45)cc2)c1. The second kappa shape index (κ2) is 11.7. The average Bonchev–Trinajstić information content (AvgIpc) is 3.94. The van der Waals surface area contributed by atoms with Crippen molar-refractivity contribution in [3.8, 4) is 17.1 Å². The number of hydrogen-bond donors (Lipinski definition) is 3. The van der Waals surface area contributed by atoms with E-state index < -0.39 is 0 Å². The van der Waals surface area contributed by atoms with Crippen molar-refractivity contribution in [3.05, 3.63) is 128 Å². The Morgan fingerprint density at radius 3 is 0.939 bits per heavy atom. The Balaban J connectivity index is 1.02. The predicted molar refractivity (Wildman–Crippen MR) is 188 cm³/mol. The minimum absolute atomic E-state index is 0.301. The minimum Gasteiger partial charge on any atom is -0.324 e. The summed E-state index contributed by atoms with van der Waals surface area (Å²) in [7, 11) is 0. The Hall–Kier alpha value is -7.49. The van der Waals surface area contributed by atoms with E-state index in [9.17, 15) is 0 Å². The predicted octanol–water partition coefficient (Wildman–Crippen LogP) is 4.36. The van der Waals surface area contributed by atoms with Crippen molar-refractivity contribution in [2.45, 2.75) is 0 Å². The van der Waals surface area contributed by atoms with Crippen LogP contribution in [0.3, 0.4) is 0 Å². The highest BCUT2D eigenvalue weighted by molar-refractivity contribution is 6.32. The molecule has 0 saturated heterocycles. The van der Waals surface area contributed by atoms with Gasteiger partial charge in [-0.3, -0.25) is 0 Å². The number of nitrogens with one attached hydrogen (secondary N) is 3. The van der Waals surface area contributed by atoms with Crippen molar-refractivity contribution in [2.75, 3.05) is 16.0 Å². The molecule has 3 aliphatic heterocycles. The number of anilines is 3. The van der Waals surface area contributed by atoms with Crippen LogP contribution in [0.4, 0.5) is 17.1 Å². The zero-order valence-corrected chi connectivity index (χ0v) is 25.4. The van der Waals surface area contributed by atoms with Crippen LogP contribution in [0.25, 0.3) is 17.1 Å². The summed E-state index contributed by atoms with van der Waals surface area (Å²) >= 11 is 0. The molecule has 0 radical (unpaired) electrons. The minimum atomic E-state index is 0.301. The standard InChI is InChI=1S/C33H24N16/c1-16-34-46(19-1)25-10-4-22(5-11-25)37-28-40-31-42-29(38-23-6-12-26(13-7-23)47-20-2-17-35-47)44-33-45-30(43-32(41-28)49(31)33)39-24-8-14-27(15-9-24)48-21-3-18-36-48/h1-21H,(H3,37,38,39,40,41,42,43,44,45). The molecule has 0 spiro atoms. The maximum absolute atomic E-state index is 4.70. The second-order valence-electron chi connectivity index (χ2n) is 10.7. The zero-order chi connectivity index (χ0) is 32.6. The lowest BCUT2D eigenvalue weighted by Gasteiger charge is -2.30. The first-order valence-corrected chi connectivity index (χ1v) is 15.1. The number of aromatic nitrogens is 6. The molecule has 6 heterocycles. The number of guanidine groups is 6. The molecule has 236 valence electrons. The third-order valence-electron chi connectivity index (χ3n) is 7.51. The molecule has 0 amide bonds. The summed E-state index contributed by atoms with van der Waals surface area (Å²) < 4.78 is 5.35. The van der Waals surface area contributed by atoms with Crippen LogP contribution < -0.4 is 16.0 Å². The van der Waals surface area contributed by atoms with E-state index in [1.807, 2.05) is 110 Å². The first-order valence-electron chi connectivity index (χ1n) is 15.1. The molecule has 16 nitrogen and oxygen atoms in total. The van der Waals surface area contributed by atoms with Gasteiger partial charge >= 0.3 is 0 Å². The van der Waals surface area contributed by atoms with E-state index in [1.165, 1.54) is 0 Å².